The van der Waals surface area contributed by atoms with E-state index in [1.54, 1.807) is 0 Å². The van der Waals surface area contributed by atoms with E-state index in [2.05, 4.69) is 191 Å². The van der Waals surface area contributed by atoms with E-state index in [1.165, 1.54) is 60.2 Å². The minimum absolute atomic E-state index is 0.911. The number of hydrogen-bond donors (Lipinski definition) is 0. The molecule has 2 heterocycles. The van der Waals surface area contributed by atoms with Gasteiger partial charge in [0.2, 0.25) is 0 Å². The van der Waals surface area contributed by atoms with Gasteiger partial charge in [-0.1, -0.05) is 109 Å². The van der Waals surface area contributed by atoms with Gasteiger partial charge in [0, 0.05) is 27.8 Å². The summed E-state index contributed by atoms with van der Waals surface area (Å²) in [6, 6.07) is 65.1. The third kappa shape index (κ3) is 5.19. The molecule has 0 radical (unpaired) electrons. The topological polar surface area (TPSA) is 21.1 Å². The van der Waals surface area contributed by atoms with E-state index < -0.39 is 0 Å². The Kier molecular flexibility index (Phi) is 7.14. The third-order valence-corrected chi connectivity index (χ3v) is 10.1. The summed E-state index contributed by atoms with van der Waals surface area (Å²) in [6.45, 7) is 0. The molecule has 3 heteroatoms. The molecular weight excluding hydrogens is 631 g/mol. The predicted octanol–water partition coefficient (Wildman–Crippen LogP) is 13.2. The molecule has 0 saturated carbocycles. The van der Waals surface area contributed by atoms with Crippen LogP contribution in [0, 0.1) is 0 Å². The smallest absolute Gasteiger partial charge is 0.0645 e. The molecule has 0 unspecified atom stereocenters. The maximum Gasteiger partial charge on any atom is 0.0645 e. The van der Waals surface area contributed by atoms with Gasteiger partial charge >= 0.3 is 0 Å². The third-order valence-electron chi connectivity index (χ3n) is 10.1. The highest BCUT2D eigenvalue weighted by Gasteiger charge is 2.18. The lowest BCUT2D eigenvalue weighted by Gasteiger charge is -2.25. The summed E-state index contributed by atoms with van der Waals surface area (Å²) in [5.74, 6) is 0. The Hall–Kier alpha value is -6.97. The second-order valence-electron chi connectivity index (χ2n) is 13.3. The quantitative estimate of drug-likeness (QED) is 0.158. The van der Waals surface area contributed by atoms with Gasteiger partial charge in [0.05, 0.1) is 28.6 Å². The summed E-state index contributed by atoms with van der Waals surface area (Å²) in [5, 5.41) is 7.62. The second-order valence-corrected chi connectivity index (χ2v) is 13.3. The van der Waals surface area contributed by atoms with E-state index in [1.807, 2.05) is 18.3 Å². The fourth-order valence-corrected chi connectivity index (χ4v) is 7.67. The summed E-state index contributed by atoms with van der Waals surface area (Å²) in [7, 11) is 0. The van der Waals surface area contributed by atoms with Crippen LogP contribution in [0.4, 0.5) is 17.1 Å². The number of para-hydroxylation sites is 3. The molecular formula is C49H33N3. The van der Waals surface area contributed by atoms with Crippen LogP contribution in [0.25, 0.3) is 72.3 Å². The Bertz CT molecular complexity index is 2830. The molecule has 244 valence electrons. The summed E-state index contributed by atoms with van der Waals surface area (Å²) < 4.78 is 2.42. The lowest BCUT2D eigenvalue weighted by Crippen LogP contribution is -2.09. The minimum Gasteiger partial charge on any atom is -0.309 e. The molecule has 10 aromatic rings. The SMILES string of the molecule is C(=C\c1ccc(N(c2ccccc2)c2ccccc2)cn1)/c1ccc2cc(-c3cc4ccc5cccc6c5c4c(c3)n6-c3ccccc3)ccc2c1. The molecule has 0 amide bonds. The first-order chi connectivity index (χ1) is 25.8. The molecule has 52 heavy (non-hydrogen) atoms. The zero-order valence-electron chi connectivity index (χ0n) is 28.4. The molecule has 2 aromatic heterocycles. The lowest BCUT2D eigenvalue weighted by atomic mass is 9.95. The van der Waals surface area contributed by atoms with Crippen molar-refractivity contribution in [2.45, 2.75) is 0 Å². The van der Waals surface area contributed by atoms with Gasteiger partial charge < -0.3 is 9.47 Å². The van der Waals surface area contributed by atoms with Crippen molar-refractivity contribution in [2.24, 2.45) is 0 Å². The molecule has 3 nitrogen and oxygen atoms in total. The Morgan fingerprint density at radius 3 is 1.83 bits per heavy atom. The van der Waals surface area contributed by atoms with Gasteiger partial charge in [-0.05, 0) is 123 Å². The van der Waals surface area contributed by atoms with Crippen molar-refractivity contribution in [3.05, 3.63) is 199 Å². The predicted molar refractivity (Wildman–Crippen MR) is 220 cm³/mol. The Balaban J connectivity index is 0.960. The van der Waals surface area contributed by atoms with Crippen molar-refractivity contribution < 1.29 is 0 Å². The molecule has 10 rings (SSSR count). The van der Waals surface area contributed by atoms with Crippen molar-refractivity contribution >= 4 is 72.6 Å². The van der Waals surface area contributed by atoms with Gasteiger partial charge in [0.1, 0.15) is 0 Å². The van der Waals surface area contributed by atoms with Crippen LogP contribution in [0.15, 0.2) is 188 Å². The molecule has 0 atom stereocenters. The lowest BCUT2D eigenvalue weighted by molar-refractivity contribution is 1.18. The Labute approximate surface area is 302 Å². The number of rotatable bonds is 7. The van der Waals surface area contributed by atoms with Crippen molar-refractivity contribution in [3.63, 3.8) is 0 Å². The van der Waals surface area contributed by atoms with Crippen LogP contribution in [0.1, 0.15) is 11.3 Å². The molecule has 0 aliphatic rings. The van der Waals surface area contributed by atoms with Crippen molar-refractivity contribution in [1.82, 2.24) is 9.55 Å². The average Bonchev–Trinajstić information content (AvgIpc) is 3.56. The van der Waals surface area contributed by atoms with E-state index in [9.17, 15) is 0 Å². The zero-order valence-corrected chi connectivity index (χ0v) is 28.4. The van der Waals surface area contributed by atoms with Crippen molar-refractivity contribution in [2.75, 3.05) is 4.90 Å². The summed E-state index contributed by atoms with van der Waals surface area (Å²) in [6.07, 6.45) is 6.17. The molecule has 0 aliphatic carbocycles. The number of pyridine rings is 1. The van der Waals surface area contributed by atoms with E-state index >= 15 is 0 Å². The van der Waals surface area contributed by atoms with Crippen LogP contribution in [0.3, 0.4) is 0 Å². The van der Waals surface area contributed by atoms with Crippen LogP contribution in [0.2, 0.25) is 0 Å². The molecule has 0 N–H and O–H groups in total. The summed E-state index contributed by atoms with van der Waals surface area (Å²) in [5.41, 5.74) is 11.3. The fourth-order valence-electron chi connectivity index (χ4n) is 7.67. The average molecular weight is 664 g/mol. The van der Waals surface area contributed by atoms with E-state index in [0.29, 0.717) is 0 Å². The van der Waals surface area contributed by atoms with Gasteiger partial charge in [-0.15, -0.1) is 0 Å². The number of nitrogens with zero attached hydrogens (tertiary/aromatic N) is 3. The van der Waals surface area contributed by atoms with Crippen LogP contribution in [-0.2, 0) is 0 Å². The van der Waals surface area contributed by atoms with E-state index in [-0.39, 0.29) is 0 Å². The van der Waals surface area contributed by atoms with Crippen LogP contribution < -0.4 is 4.90 Å². The second kappa shape index (κ2) is 12.4. The number of hydrogen-bond acceptors (Lipinski definition) is 2. The molecule has 8 aromatic carbocycles. The van der Waals surface area contributed by atoms with E-state index in [0.717, 1.165) is 28.3 Å². The number of benzene rings is 8. The number of fused-ring (bicyclic) bond motifs is 1. The molecule has 0 fully saturated rings. The fraction of sp³-hybridized carbons (Fsp3) is 0. The first kappa shape index (κ1) is 29.9. The highest BCUT2D eigenvalue weighted by atomic mass is 15.1. The van der Waals surface area contributed by atoms with Gasteiger partial charge in [-0.25, -0.2) is 0 Å². The number of aromatic nitrogens is 2. The largest absolute Gasteiger partial charge is 0.309 e. The number of anilines is 3. The van der Waals surface area contributed by atoms with Crippen molar-refractivity contribution in [3.8, 4) is 16.8 Å². The maximum absolute atomic E-state index is 4.82. The summed E-state index contributed by atoms with van der Waals surface area (Å²) >= 11 is 0. The monoisotopic (exact) mass is 663 g/mol. The van der Waals surface area contributed by atoms with Crippen LogP contribution in [0.5, 0.6) is 0 Å². The van der Waals surface area contributed by atoms with Gasteiger partial charge in [0.15, 0.2) is 0 Å². The Morgan fingerprint density at radius 2 is 1.08 bits per heavy atom. The normalized spacial score (nSPS) is 11.8. The van der Waals surface area contributed by atoms with Crippen LogP contribution >= 0.6 is 0 Å². The van der Waals surface area contributed by atoms with Gasteiger partial charge in [0.25, 0.3) is 0 Å². The first-order valence-corrected chi connectivity index (χ1v) is 17.7. The zero-order chi connectivity index (χ0) is 34.4. The highest BCUT2D eigenvalue weighted by molar-refractivity contribution is 6.25. The molecule has 0 aliphatic heterocycles. The van der Waals surface area contributed by atoms with Crippen molar-refractivity contribution in [1.29, 1.82) is 0 Å². The standard InChI is InChI=1S/C49H33N3/c1-4-12-42(13-5-1)51(43-14-6-2-7-15-43)45-28-27-41(50-33-45)26-20-34-19-21-37-30-38(24-23-36(37)29-34)40-31-39-25-22-35-11-10-18-46-48(35)49(39)47(32-40)52(46)44-16-8-3-9-17-44/h1-33H/b26-20+. The van der Waals surface area contributed by atoms with E-state index in [4.69, 9.17) is 4.98 Å². The molecule has 0 spiro atoms. The van der Waals surface area contributed by atoms with Gasteiger partial charge in [-0.3, -0.25) is 4.98 Å². The van der Waals surface area contributed by atoms with Gasteiger partial charge in [-0.2, -0.15) is 0 Å². The van der Waals surface area contributed by atoms with Crippen LogP contribution in [-0.4, -0.2) is 9.55 Å². The molecule has 0 saturated heterocycles. The Morgan fingerprint density at radius 1 is 0.423 bits per heavy atom. The maximum atomic E-state index is 4.82. The summed E-state index contributed by atoms with van der Waals surface area (Å²) in [4.78, 5) is 7.04. The first-order valence-electron chi connectivity index (χ1n) is 17.7. The molecule has 0 bridgehead atoms. The highest BCUT2D eigenvalue weighted by Crippen LogP contribution is 2.41. The minimum atomic E-state index is 0.911.